The van der Waals surface area contributed by atoms with E-state index in [0.29, 0.717) is 19.1 Å². The second-order valence-corrected chi connectivity index (χ2v) is 6.45. The zero-order valence-corrected chi connectivity index (χ0v) is 13.6. The summed E-state index contributed by atoms with van der Waals surface area (Å²) in [6, 6.07) is 7.87. The quantitative estimate of drug-likeness (QED) is 0.868. The third kappa shape index (κ3) is 3.72. The van der Waals surface area contributed by atoms with Crippen LogP contribution in [0.1, 0.15) is 36.8 Å². The minimum Gasteiger partial charge on any atom is -0.380 e. The normalized spacial score (nSPS) is 21.3. The number of likely N-dealkylation sites (tertiary alicyclic amines) is 1. The minimum absolute atomic E-state index is 0.0895. The second-order valence-electron chi connectivity index (χ2n) is 6.45. The highest BCUT2D eigenvalue weighted by Gasteiger charge is 2.38. The number of rotatable bonds is 6. The highest BCUT2D eigenvalue weighted by atomic mass is 16.5. The Kier molecular flexibility index (Phi) is 4.96. The molecule has 5 heteroatoms. The molecule has 1 unspecified atom stereocenters. The van der Waals surface area contributed by atoms with Gasteiger partial charge in [0.2, 0.25) is 11.8 Å². The number of carbonyl (C=O) groups excluding carboxylic acids is 2. The first-order valence-electron chi connectivity index (χ1n) is 8.34. The summed E-state index contributed by atoms with van der Waals surface area (Å²) in [4.78, 5) is 26.5. The minimum atomic E-state index is -0.342. The van der Waals surface area contributed by atoms with Gasteiger partial charge in [0.15, 0.2) is 0 Å². The monoisotopic (exact) mass is 316 g/mol. The van der Waals surface area contributed by atoms with E-state index in [1.54, 1.807) is 7.11 Å². The van der Waals surface area contributed by atoms with E-state index >= 15 is 0 Å². The average Bonchev–Trinajstić information content (AvgIpc) is 2.80. The van der Waals surface area contributed by atoms with E-state index in [4.69, 9.17) is 4.74 Å². The maximum Gasteiger partial charge on any atom is 0.245 e. The second kappa shape index (κ2) is 7.13. The lowest BCUT2D eigenvalue weighted by Gasteiger charge is -2.34. The number of amides is 2. The molecule has 2 aliphatic rings. The Labute approximate surface area is 137 Å². The summed E-state index contributed by atoms with van der Waals surface area (Å²) in [5.74, 6) is 0.00422. The van der Waals surface area contributed by atoms with Gasteiger partial charge in [-0.2, -0.15) is 0 Å². The van der Waals surface area contributed by atoms with Crippen molar-refractivity contribution < 1.29 is 14.3 Å². The maximum atomic E-state index is 12.4. The van der Waals surface area contributed by atoms with Crippen molar-refractivity contribution >= 4 is 11.8 Å². The topological polar surface area (TPSA) is 58.6 Å². The Morgan fingerprint density at radius 2 is 2.09 bits per heavy atom. The van der Waals surface area contributed by atoms with Gasteiger partial charge in [0.1, 0.15) is 6.04 Å². The largest absolute Gasteiger partial charge is 0.380 e. The fourth-order valence-electron chi connectivity index (χ4n) is 3.32. The molecule has 1 aromatic carbocycles. The van der Waals surface area contributed by atoms with Crippen LogP contribution >= 0.6 is 0 Å². The van der Waals surface area contributed by atoms with E-state index in [2.05, 4.69) is 5.32 Å². The molecule has 1 N–H and O–H groups in total. The molecule has 5 nitrogen and oxygen atoms in total. The highest BCUT2D eigenvalue weighted by Crippen LogP contribution is 2.28. The van der Waals surface area contributed by atoms with Crippen molar-refractivity contribution in [1.82, 2.24) is 10.2 Å². The van der Waals surface area contributed by atoms with Gasteiger partial charge in [-0.05, 0) is 36.8 Å². The summed E-state index contributed by atoms with van der Waals surface area (Å²) in [5.41, 5.74) is 1.99. The number of nitrogens with one attached hydrogen (secondary N) is 1. The zero-order valence-electron chi connectivity index (χ0n) is 13.6. The molecule has 1 atom stereocenters. The first kappa shape index (κ1) is 16.0. The molecule has 3 rings (SSSR count). The fourth-order valence-corrected chi connectivity index (χ4v) is 3.32. The lowest BCUT2D eigenvalue weighted by Crippen LogP contribution is -2.47. The summed E-state index contributed by atoms with van der Waals surface area (Å²) < 4.78 is 5.11. The molecule has 2 fully saturated rings. The van der Waals surface area contributed by atoms with Gasteiger partial charge in [0.25, 0.3) is 0 Å². The Bertz CT molecular complexity index is 583. The van der Waals surface area contributed by atoms with Crippen LogP contribution in [-0.4, -0.2) is 42.5 Å². The van der Waals surface area contributed by atoms with Gasteiger partial charge >= 0.3 is 0 Å². The van der Waals surface area contributed by atoms with E-state index in [9.17, 15) is 9.59 Å². The summed E-state index contributed by atoms with van der Waals surface area (Å²) in [6.07, 6.45) is 4.45. The summed E-state index contributed by atoms with van der Waals surface area (Å²) in [5, 5.41) is 2.90. The van der Waals surface area contributed by atoms with Crippen LogP contribution in [0.4, 0.5) is 0 Å². The third-order valence-electron chi connectivity index (χ3n) is 4.76. The molecule has 1 heterocycles. The Hall–Kier alpha value is -1.88. The van der Waals surface area contributed by atoms with Crippen molar-refractivity contribution in [2.24, 2.45) is 0 Å². The van der Waals surface area contributed by atoms with E-state index in [0.717, 1.165) is 36.9 Å². The maximum absolute atomic E-state index is 12.4. The molecular formula is C18H24N2O3. The van der Waals surface area contributed by atoms with Gasteiger partial charge in [-0.25, -0.2) is 0 Å². The molecule has 0 radical (unpaired) electrons. The van der Waals surface area contributed by atoms with Crippen molar-refractivity contribution in [3.05, 3.63) is 35.4 Å². The first-order valence-corrected chi connectivity index (χ1v) is 8.34. The van der Waals surface area contributed by atoms with Crippen LogP contribution in [0.3, 0.4) is 0 Å². The van der Waals surface area contributed by atoms with Crippen molar-refractivity contribution in [3.63, 3.8) is 0 Å². The lowest BCUT2D eigenvalue weighted by atomic mass is 9.92. The molecule has 124 valence electrons. The number of carbonyl (C=O) groups is 2. The highest BCUT2D eigenvalue weighted by molar-refractivity contribution is 5.90. The van der Waals surface area contributed by atoms with Gasteiger partial charge in [-0.15, -0.1) is 0 Å². The first-order chi connectivity index (χ1) is 11.2. The molecule has 0 bridgehead atoms. The van der Waals surface area contributed by atoms with Crippen LogP contribution in [0.25, 0.3) is 0 Å². The fraction of sp³-hybridized carbons (Fsp3) is 0.556. The van der Waals surface area contributed by atoms with Gasteiger partial charge < -0.3 is 15.0 Å². The number of hydrogen-bond acceptors (Lipinski definition) is 3. The SMILES string of the molecule is COCc1cccc(CC(=O)NC2CCN(C3CCC3)C2=O)c1. The van der Waals surface area contributed by atoms with Crippen molar-refractivity contribution in [1.29, 1.82) is 0 Å². The van der Waals surface area contributed by atoms with E-state index in [1.807, 2.05) is 29.2 Å². The Morgan fingerprint density at radius 3 is 2.78 bits per heavy atom. The van der Waals surface area contributed by atoms with Gasteiger partial charge in [0, 0.05) is 19.7 Å². The van der Waals surface area contributed by atoms with Crippen LogP contribution in [0, 0.1) is 0 Å². The van der Waals surface area contributed by atoms with Crippen LogP contribution < -0.4 is 5.32 Å². The van der Waals surface area contributed by atoms with E-state index < -0.39 is 0 Å². The number of ether oxygens (including phenoxy) is 1. The van der Waals surface area contributed by atoms with Crippen molar-refractivity contribution in [3.8, 4) is 0 Å². The predicted octanol–water partition coefficient (Wildman–Crippen LogP) is 1.65. The third-order valence-corrected chi connectivity index (χ3v) is 4.76. The molecule has 0 spiro atoms. The van der Waals surface area contributed by atoms with Crippen molar-refractivity contribution in [2.45, 2.75) is 50.8 Å². The van der Waals surface area contributed by atoms with Crippen LogP contribution in [0.15, 0.2) is 24.3 Å². The summed E-state index contributed by atoms with van der Waals surface area (Å²) in [6.45, 7) is 1.31. The molecule has 1 aromatic rings. The van der Waals surface area contributed by atoms with E-state index in [1.165, 1.54) is 6.42 Å². The van der Waals surface area contributed by atoms with Gasteiger partial charge in [-0.3, -0.25) is 9.59 Å². The predicted molar refractivity (Wildman–Crippen MR) is 86.8 cm³/mol. The van der Waals surface area contributed by atoms with Gasteiger partial charge in [0.05, 0.1) is 13.0 Å². The molecule has 2 amide bonds. The average molecular weight is 316 g/mol. The van der Waals surface area contributed by atoms with Crippen LogP contribution in [0.2, 0.25) is 0 Å². The van der Waals surface area contributed by atoms with Crippen LogP contribution in [-0.2, 0) is 27.4 Å². The Morgan fingerprint density at radius 1 is 1.30 bits per heavy atom. The number of benzene rings is 1. The molecule has 1 saturated heterocycles. The molecule has 0 aromatic heterocycles. The molecule has 23 heavy (non-hydrogen) atoms. The lowest BCUT2D eigenvalue weighted by molar-refractivity contribution is -0.135. The summed E-state index contributed by atoms with van der Waals surface area (Å²) >= 11 is 0. The number of methoxy groups -OCH3 is 1. The molecule has 1 aliphatic heterocycles. The molecular weight excluding hydrogens is 292 g/mol. The van der Waals surface area contributed by atoms with E-state index in [-0.39, 0.29) is 17.9 Å². The standard InChI is InChI=1S/C18H24N2O3/c1-23-12-14-5-2-4-13(10-14)11-17(21)19-16-8-9-20(18(16)22)15-6-3-7-15/h2,4-5,10,15-16H,3,6-9,11-12H2,1H3,(H,19,21). The summed E-state index contributed by atoms with van der Waals surface area (Å²) in [7, 11) is 1.65. The number of nitrogens with zero attached hydrogens (tertiary/aromatic N) is 1. The Balaban J connectivity index is 1.53. The van der Waals surface area contributed by atoms with Gasteiger partial charge in [-0.1, -0.05) is 24.3 Å². The zero-order chi connectivity index (χ0) is 16.2. The number of hydrogen-bond donors (Lipinski definition) is 1. The van der Waals surface area contributed by atoms with Crippen LogP contribution in [0.5, 0.6) is 0 Å². The molecule has 1 aliphatic carbocycles. The molecule has 1 saturated carbocycles. The van der Waals surface area contributed by atoms with Crippen molar-refractivity contribution in [2.75, 3.05) is 13.7 Å². The smallest absolute Gasteiger partial charge is 0.245 e.